The van der Waals surface area contributed by atoms with Gasteiger partial charge in [-0.1, -0.05) is 6.07 Å². The van der Waals surface area contributed by atoms with Crippen LogP contribution in [0.25, 0.3) is 0 Å². The number of hydrogen-bond acceptors (Lipinski definition) is 3. The second kappa shape index (κ2) is 5.95. The van der Waals surface area contributed by atoms with Crippen molar-refractivity contribution < 1.29 is 18.7 Å². The van der Waals surface area contributed by atoms with Gasteiger partial charge in [0.2, 0.25) is 0 Å². The van der Waals surface area contributed by atoms with Gasteiger partial charge in [0.05, 0.1) is 12.7 Å². The number of ether oxygens (including phenoxy) is 2. The lowest BCUT2D eigenvalue weighted by Crippen LogP contribution is -2.00. The van der Waals surface area contributed by atoms with Gasteiger partial charge in [0.15, 0.2) is 17.3 Å². The van der Waals surface area contributed by atoms with Gasteiger partial charge in [0.1, 0.15) is 11.6 Å². The fourth-order valence-electron chi connectivity index (χ4n) is 1.99. The first kappa shape index (κ1) is 15.0. The van der Waals surface area contributed by atoms with Crippen molar-refractivity contribution in [2.75, 3.05) is 7.11 Å². The Balaban J connectivity index is 2.48. The lowest BCUT2D eigenvalue weighted by atomic mass is 10.1. The predicted octanol–water partition coefficient (Wildman–Crippen LogP) is 4.45. The highest BCUT2D eigenvalue weighted by Gasteiger charge is 2.15. The summed E-state index contributed by atoms with van der Waals surface area (Å²) in [6, 6.07) is 8.19. The van der Waals surface area contributed by atoms with E-state index in [1.54, 1.807) is 20.1 Å². The summed E-state index contributed by atoms with van der Waals surface area (Å²) < 4.78 is 24.7. The zero-order valence-electron chi connectivity index (χ0n) is 12.5. The van der Waals surface area contributed by atoms with Crippen LogP contribution >= 0.6 is 0 Å². The van der Waals surface area contributed by atoms with Crippen LogP contribution in [0.1, 0.15) is 28.4 Å². The Labute approximate surface area is 123 Å². The second-order valence-electron chi connectivity index (χ2n) is 4.91. The van der Waals surface area contributed by atoms with Gasteiger partial charge in [-0.3, -0.25) is 4.79 Å². The van der Waals surface area contributed by atoms with Crippen LogP contribution in [0, 0.1) is 19.7 Å². The normalized spacial score (nSPS) is 10.3. The smallest absolute Gasteiger partial charge is 0.169 e. The molecule has 0 amide bonds. The fourth-order valence-corrected chi connectivity index (χ4v) is 1.99. The largest absolute Gasteiger partial charge is 0.493 e. The molecular formula is C17H17FO3. The number of hydrogen-bond donors (Lipinski definition) is 0. The summed E-state index contributed by atoms with van der Waals surface area (Å²) in [6.07, 6.45) is 0. The van der Waals surface area contributed by atoms with Gasteiger partial charge in [-0.2, -0.15) is 0 Å². The summed E-state index contributed by atoms with van der Waals surface area (Å²) in [7, 11) is 1.55. The first-order valence-corrected chi connectivity index (χ1v) is 6.56. The third-order valence-electron chi connectivity index (χ3n) is 3.18. The number of carbonyl (C=O) groups excluding carboxylic acids is 1. The van der Waals surface area contributed by atoms with Crippen molar-refractivity contribution in [1.29, 1.82) is 0 Å². The molecule has 2 aromatic rings. The highest BCUT2D eigenvalue weighted by molar-refractivity contribution is 5.97. The fraction of sp³-hybridized carbons (Fsp3) is 0.235. The van der Waals surface area contributed by atoms with E-state index in [9.17, 15) is 9.18 Å². The molecule has 0 aliphatic carbocycles. The molecule has 0 atom stereocenters. The number of rotatable bonds is 4. The second-order valence-corrected chi connectivity index (χ2v) is 4.91. The predicted molar refractivity (Wildman–Crippen MR) is 78.9 cm³/mol. The van der Waals surface area contributed by atoms with E-state index in [0.29, 0.717) is 22.8 Å². The number of benzene rings is 2. The molecule has 0 aliphatic heterocycles. The summed E-state index contributed by atoms with van der Waals surface area (Å²) >= 11 is 0. The summed E-state index contributed by atoms with van der Waals surface area (Å²) in [4.78, 5) is 11.7. The number of Topliss-reactive ketones (excluding diaryl/α,β-unsaturated/α-hetero) is 1. The van der Waals surface area contributed by atoms with E-state index in [-0.39, 0.29) is 11.3 Å². The van der Waals surface area contributed by atoms with Gasteiger partial charge in [-0.15, -0.1) is 0 Å². The molecule has 2 aromatic carbocycles. The molecule has 0 saturated carbocycles. The number of aryl methyl sites for hydroxylation is 2. The average molecular weight is 288 g/mol. The number of methoxy groups -OCH3 is 1. The minimum Gasteiger partial charge on any atom is -0.493 e. The van der Waals surface area contributed by atoms with Crippen LogP contribution in [0.3, 0.4) is 0 Å². The van der Waals surface area contributed by atoms with Crippen molar-refractivity contribution in [2.45, 2.75) is 20.8 Å². The molecule has 0 bridgehead atoms. The molecule has 2 rings (SSSR count). The van der Waals surface area contributed by atoms with Gasteiger partial charge in [0, 0.05) is 0 Å². The van der Waals surface area contributed by atoms with Gasteiger partial charge >= 0.3 is 0 Å². The highest BCUT2D eigenvalue weighted by atomic mass is 19.1. The zero-order valence-corrected chi connectivity index (χ0v) is 12.5. The molecule has 0 fully saturated rings. The van der Waals surface area contributed by atoms with E-state index in [2.05, 4.69) is 0 Å². The van der Waals surface area contributed by atoms with Crippen LogP contribution in [-0.2, 0) is 0 Å². The molecule has 4 heteroatoms. The Kier molecular flexibility index (Phi) is 4.26. The third-order valence-corrected chi connectivity index (χ3v) is 3.18. The van der Waals surface area contributed by atoms with Crippen molar-refractivity contribution >= 4 is 5.78 Å². The van der Waals surface area contributed by atoms with Gasteiger partial charge in [0.25, 0.3) is 0 Å². The molecule has 0 spiro atoms. The van der Waals surface area contributed by atoms with E-state index in [0.717, 1.165) is 5.56 Å². The molecule has 0 aromatic heterocycles. The summed E-state index contributed by atoms with van der Waals surface area (Å²) in [6.45, 7) is 4.94. The Hall–Kier alpha value is -2.36. The average Bonchev–Trinajstić information content (AvgIpc) is 2.44. The lowest BCUT2D eigenvalue weighted by molar-refractivity contribution is 0.101. The number of halogens is 1. The molecular weight excluding hydrogens is 271 g/mol. The van der Waals surface area contributed by atoms with Crippen molar-refractivity contribution in [1.82, 2.24) is 0 Å². The van der Waals surface area contributed by atoms with Gasteiger partial charge < -0.3 is 9.47 Å². The minimum absolute atomic E-state index is 0.209. The standard InChI is InChI=1S/C17H17FO3/c1-10-5-6-15(17(7-10)20-4)21-16-8-11(2)14(18)9-13(16)12(3)19/h5-9H,1-4H3. The van der Waals surface area contributed by atoms with Crippen molar-refractivity contribution in [3.8, 4) is 17.2 Å². The van der Waals surface area contributed by atoms with Crippen LogP contribution in [0.5, 0.6) is 17.2 Å². The summed E-state index contributed by atoms with van der Waals surface area (Å²) in [5.74, 6) is 0.685. The van der Waals surface area contributed by atoms with E-state index in [4.69, 9.17) is 9.47 Å². The Bertz CT molecular complexity index is 693. The maximum absolute atomic E-state index is 13.6. The minimum atomic E-state index is -0.427. The monoisotopic (exact) mass is 288 g/mol. The summed E-state index contributed by atoms with van der Waals surface area (Å²) in [5, 5.41) is 0. The lowest BCUT2D eigenvalue weighted by Gasteiger charge is -2.14. The molecule has 0 heterocycles. The summed E-state index contributed by atoms with van der Waals surface area (Å²) in [5.41, 5.74) is 1.66. The maximum Gasteiger partial charge on any atom is 0.169 e. The van der Waals surface area contributed by atoms with Crippen LogP contribution in [0.4, 0.5) is 4.39 Å². The first-order chi connectivity index (χ1) is 9.92. The molecule has 0 unspecified atom stereocenters. The zero-order chi connectivity index (χ0) is 15.6. The number of carbonyl (C=O) groups is 1. The van der Waals surface area contributed by atoms with E-state index in [1.165, 1.54) is 19.1 Å². The van der Waals surface area contributed by atoms with Crippen molar-refractivity contribution in [2.24, 2.45) is 0 Å². The molecule has 0 aliphatic rings. The van der Waals surface area contributed by atoms with Crippen molar-refractivity contribution in [3.63, 3.8) is 0 Å². The van der Waals surface area contributed by atoms with E-state index >= 15 is 0 Å². The maximum atomic E-state index is 13.6. The van der Waals surface area contributed by atoms with Gasteiger partial charge in [-0.25, -0.2) is 4.39 Å². The molecule has 0 saturated heterocycles. The van der Waals surface area contributed by atoms with Crippen LogP contribution in [-0.4, -0.2) is 12.9 Å². The Morgan fingerprint density at radius 1 is 1.05 bits per heavy atom. The Morgan fingerprint density at radius 3 is 2.38 bits per heavy atom. The molecule has 110 valence electrons. The quantitative estimate of drug-likeness (QED) is 0.780. The SMILES string of the molecule is COc1cc(C)ccc1Oc1cc(C)c(F)cc1C(C)=O. The highest BCUT2D eigenvalue weighted by Crippen LogP contribution is 2.34. The molecule has 21 heavy (non-hydrogen) atoms. The van der Waals surface area contributed by atoms with Crippen LogP contribution < -0.4 is 9.47 Å². The Morgan fingerprint density at radius 2 is 1.76 bits per heavy atom. The van der Waals surface area contributed by atoms with Crippen LogP contribution in [0.15, 0.2) is 30.3 Å². The van der Waals surface area contributed by atoms with Crippen LogP contribution in [0.2, 0.25) is 0 Å². The van der Waals surface area contributed by atoms with Crippen molar-refractivity contribution in [3.05, 3.63) is 52.8 Å². The third kappa shape index (κ3) is 3.21. The van der Waals surface area contributed by atoms with E-state index < -0.39 is 5.82 Å². The topological polar surface area (TPSA) is 35.5 Å². The number of ketones is 1. The molecule has 0 N–H and O–H groups in total. The first-order valence-electron chi connectivity index (χ1n) is 6.56. The van der Waals surface area contributed by atoms with Gasteiger partial charge in [-0.05, 0) is 56.2 Å². The molecule has 3 nitrogen and oxygen atoms in total. The van der Waals surface area contributed by atoms with E-state index in [1.807, 2.05) is 19.1 Å². The molecule has 0 radical (unpaired) electrons.